The van der Waals surface area contributed by atoms with Crippen LogP contribution in [0.3, 0.4) is 0 Å². The zero-order valence-electron chi connectivity index (χ0n) is 12.2. The second-order valence-electron chi connectivity index (χ2n) is 5.53. The fraction of sp³-hybridized carbons (Fsp3) is 0.600. The summed E-state index contributed by atoms with van der Waals surface area (Å²) in [5.41, 5.74) is 0.135. The quantitative estimate of drug-likeness (QED) is 0.897. The van der Waals surface area contributed by atoms with E-state index in [-0.39, 0.29) is 17.4 Å². The van der Waals surface area contributed by atoms with Crippen molar-refractivity contribution in [3.05, 3.63) is 24.3 Å². The van der Waals surface area contributed by atoms with Crippen LogP contribution in [0.15, 0.2) is 24.3 Å². The van der Waals surface area contributed by atoms with Gasteiger partial charge in [-0.1, -0.05) is 19.1 Å². The molecule has 0 spiro atoms. The summed E-state index contributed by atoms with van der Waals surface area (Å²) in [7, 11) is 0. The van der Waals surface area contributed by atoms with Crippen molar-refractivity contribution in [2.45, 2.75) is 51.1 Å². The molecule has 0 aliphatic carbocycles. The topological polar surface area (TPSA) is 30.5 Å². The number of ether oxygens (including phenoxy) is 2. The van der Waals surface area contributed by atoms with Crippen molar-refractivity contribution in [2.24, 2.45) is 0 Å². The normalized spacial score (nSPS) is 26.4. The van der Waals surface area contributed by atoms with E-state index in [4.69, 9.17) is 4.74 Å². The van der Waals surface area contributed by atoms with Crippen molar-refractivity contribution in [1.29, 1.82) is 0 Å². The Hall–Kier alpha value is -1.43. The third-order valence-corrected chi connectivity index (χ3v) is 3.82. The maximum atomic E-state index is 12.4. The van der Waals surface area contributed by atoms with Crippen LogP contribution in [0.4, 0.5) is 18.9 Å². The van der Waals surface area contributed by atoms with Gasteiger partial charge in [0.25, 0.3) is 0 Å². The van der Waals surface area contributed by atoms with Gasteiger partial charge in [-0.15, -0.1) is 13.2 Å². The summed E-state index contributed by atoms with van der Waals surface area (Å²) in [6, 6.07) is 6.19. The van der Waals surface area contributed by atoms with E-state index in [1.165, 1.54) is 12.1 Å². The molecule has 2 atom stereocenters. The monoisotopic (exact) mass is 303 g/mol. The molecule has 2 rings (SSSR count). The molecule has 1 aromatic rings. The first kappa shape index (κ1) is 15.9. The second kappa shape index (κ2) is 6.13. The van der Waals surface area contributed by atoms with Gasteiger partial charge in [0.2, 0.25) is 0 Å². The van der Waals surface area contributed by atoms with E-state index in [2.05, 4.69) is 10.1 Å². The van der Waals surface area contributed by atoms with Crippen LogP contribution in [0.2, 0.25) is 0 Å². The number of benzene rings is 1. The van der Waals surface area contributed by atoms with Crippen molar-refractivity contribution in [1.82, 2.24) is 0 Å². The van der Waals surface area contributed by atoms with Crippen LogP contribution >= 0.6 is 0 Å². The smallest absolute Gasteiger partial charge is 0.404 e. The molecule has 2 unspecified atom stereocenters. The highest BCUT2D eigenvalue weighted by Crippen LogP contribution is 2.34. The Morgan fingerprint density at radius 3 is 2.76 bits per heavy atom. The van der Waals surface area contributed by atoms with Crippen LogP contribution in [-0.2, 0) is 4.74 Å². The van der Waals surface area contributed by atoms with Crippen molar-refractivity contribution in [2.75, 3.05) is 11.9 Å². The first-order valence-corrected chi connectivity index (χ1v) is 7.06. The van der Waals surface area contributed by atoms with E-state index in [1.807, 2.05) is 13.8 Å². The van der Waals surface area contributed by atoms with E-state index in [0.29, 0.717) is 12.3 Å². The number of para-hydroxylation sites is 2. The molecule has 6 heteroatoms. The van der Waals surface area contributed by atoms with Crippen LogP contribution in [0.25, 0.3) is 0 Å². The second-order valence-corrected chi connectivity index (χ2v) is 5.53. The summed E-state index contributed by atoms with van der Waals surface area (Å²) in [6.07, 6.45) is -2.31. The summed E-state index contributed by atoms with van der Waals surface area (Å²) in [6.45, 7) is 4.67. The van der Waals surface area contributed by atoms with Gasteiger partial charge >= 0.3 is 6.36 Å². The molecular weight excluding hydrogens is 283 g/mol. The van der Waals surface area contributed by atoms with E-state index in [9.17, 15) is 13.2 Å². The number of anilines is 1. The van der Waals surface area contributed by atoms with Crippen molar-refractivity contribution in [3.8, 4) is 5.75 Å². The SMILES string of the molecule is CCC1(C)CC(Nc2ccccc2OC(F)(F)F)CCO1. The van der Waals surface area contributed by atoms with Crippen LogP contribution < -0.4 is 10.1 Å². The number of hydrogen-bond donors (Lipinski definition) is 1. The lowest BCUT2D eigenvalue weighted by molar-refractivity contribution is -0.274. The van der Waals surface area contributed by atoms with Gasteiger partial charge in [0.15, 0.2) is 5.75 Å². The van der Waals surface area contributed by atoms with Gasteiger partial charge in [0, 0.05) is 12.6 Å². The minimum Gasteiger partial charge on any atom is -0.404 e. The lowest BCUT2D eigenvalue weighted by Crippen LogP contribution is -2.41. The van der Waals surface area contributed by atoms with Crippen molar-refractivity contribution >= 4 is 5.69 Å². The van der Waals surface area contributed by atoms with E-state index in [0.717, 1.165) is 19.3 Å². The minimum absolute atomic E-state index is 0.0710. The summed E-state index contributed by atoms with van der Waals surface area (Å²) < 4.78 is 47.0. The molecule has 118 valence electrons. The average molecular weight is 303 g/mol. The Morgan fingerprint density at radius 1 is 1.38 bits per heavy atom. The lowest BCUT2D eigenvalue weighted by atomic mass is 9.90. The average Bonchev–Trinajstić information content (AvgIpc) is 2.40. The van der Waals surface area contributed by atoms with Crippen molar-refractivity contribution in [3.63, 3.8) is 0 Å². The number of rotatable bonds is 4. The Labute approximate surface area is 122 Å². The molecule has 0 amide bonds. The maximum Gasteiger partial charge on any atom is 0.573 e. The van der Waals surface area contributed by atoms with E-state index in [1.54, 1.807) is 12.1 Å². The van der Waals surface area contributed by atoms with Crippen LogP contribution in [-0.4, -0.2) is 24.6 Å². The molecule has 1 aliphatic rings. The van der Waals surface area contributed by atoms with E-state index >= 15 is 0 Å². The maximum absolute atomic E-state index is 12.4. The number of alkyl halides is 3. The van der Waals surface area contributed by atoms with Crippen LogP contribution in [0.1, 0.15) is 33.1 Å². The van der Waals surface area contributed by atoms with Crippen LogP contribution in [0, 0.1) is 0 Å². The van der Waals surface area contributed by atoms with Crippen molar-refractivity contribution < 1.29 is 22.6 Å². The predicted molar refractivity (Wildman–Crippen MR) is 74.4 cm³/mol. The highest BCUT2D eigenvalue weighted by atomic mass is 19.4. The largest absolute Gasteiger partial charge is 0.573 e. The zero-order valence-corrected chi connectivity index (χ0v) is 12.2. The molecule has 1 fully saturated rings. The third kappa shape index (κ3) is 4.52. The molecule has 0 saturated carbocycles. The van der Waals surface area contributed by atoms with E-state index < -0.39 is 6.36 Å². The summed E-state index contributed by atoms with van der Waals surface area (Å²) in [5, 5.41) is 3.16. The molecule has 0 aromatic heterocycles. The van der Waals surface area contributed by atoms with Gasteiger partial charge in [-0.05, 0) is 38.3 Å². The first-order valence-electron chi connectivity index (χ1n) is 7.06. The molecule has 1 heterocycles. The number of nitrogens with one attached hydrogen (secondary N) is 1. The highest BCUT2D eigenvalue weighted by molar-refractivity contribution is 5.56. The molecular formula is C15H20F3NO2. The van der Waals surface area contributed by atoms with Gasteiger partial charge in [0.05, 0.1) is 11.3 Å². The van der Waals surface area contributed by atoms with Gasteiger partial charge in [-0.3, -0.25) is 0 Å². The van der Waals surface area contributed by atoms with Gasteiger partial charge < -0.3 is 14.8 Å². The number of halogens is 3. The molecule has 1 aliphatic heterocycles. The molecule has 0 radical (unpaired) electrons. The van der Waals surface area contributed by atoms with Gasteiger partial charge in [0.1, 0.15) is 0 Å². The Morgan fingerprint density at radius 2 is 2.10 bits per heavy atom. The first-order chi connectivity index (χ1) is 9.81. The molecule has 1 saturated heterocycles. The number of hydrogen-bond acceptors (Lipinski definition) is 3. The molecule has 0 bridgehead atoms. The third-order valence-electron chi connectivity index (χ3n) is 3.82. The molecule has 3 nitrogen and oxygen atoms in total. The Kier molecular flexibility index (Phi) is 4.66. The molecule has 1 aromatic carbocycles. The van der Waals surface area contributed by atoms with Gasteiger partial charge in [-0.2, -0.15) is 0 Å². The summed E-state index contributed by atoms with van der Waals surface area (Å²) in [5.74, 6) is -0.199. The highest BCUT2D eigenvalue weighted by Gasteiger charge is 2.34. The summed E-state index contributed by atoms with van der Waals surface area (Å²) >= 11 is 0. The fourth-order valence-electron chi connectivity index (χ4n) is 2.52. The van der Waals surface area contributed by atoms with Gasteiger partial charge in [-0.25, -0.2) is 0 Å². The Balaban J connectivity index is 2.09. The summed E-state index contributed by atoms with van der Waals surface area (Å²) in [4.78, 5) is 0. The molecule has 21 heavy (non-hydrogen) atoms. The minimum atomic E-state index is -4.69. The van der Waals surface area contributed by atoms with Crippen LogP contribution in [0.5, 0.6) is 5.75 Å². The predicted octanol–water partition coefficient (Wildman–Crippen LogP) is 4.34. The zero-order chi connectivity index (χ0) is 15.5. The Bertz CT molecular complexity index is 478. The molecule has 1 N–H and O–H groups in total. The standard InChI is InChI=1S/C15H20F3NO2/c1-3-14(2)10-11(8-9-20-14)19-12-6-4-5-7-13(12)21-15(16,17)18/h4-7,11,19H,3,8-10H2,1-2H3. The fourth-order valence-corrected chi connectivity index (χ4v) is 2.52. The lowest BCUT2D eigenvalue weighted by Gasteiger charge is -2.38.